The number of rotatable bonds is 7. The molecule has 3 N–H and O–H groups in total. The number of nitrogens with one attached hydrogen (secondary N) is 3. The number of hydrogen-bond donors (Lipinski definition) is 3. The molecule has 0 aromatic carbocycles. The van der Waals surface area contributed by atoms with Crippen LogP contribution in [0.2, 0.25) is 0 Å². The number of aromatic nitrogens is 2. The molecule has 0 saturated carbocycles. The fourth-order valence-electron chi connectivity index (χ4n) is 7.22. The summed E-state index contributed by atoms with van der Waals surface area (Å²) in [6.45, 7) is 11.2. The quantitative estimate of drug-likeness (QED) is 0.424. The van der Waals surface area contributed by atoms with Crippen LogP contribution in [0.3, 0.4) is 0 Å². The van der Waals surface area contributed by atoms with E-state index in [-0.39, 0.29) is 42.0 Å². The molecule has 248 valence electrons. The van der Waals surface area contributed by atoms with E-state index < -0.39 is 17.7 Å². The van der Waals surface area contributed by atoms with E-state index in [0.717, 1.165) is 60.8 Å². The van der Waals surface area contributed by atoms with Crippen molar-refractivity contribution >= 4 is 23.8 Å². The van der Waals surface area contributed by atoms with Crippen LogP contribution in [-0.2, 0) is 22.5 Å². The van der Waals surface area contributed by atoms with Gasteiger partial charge in [0, 0.05) is 31.6 Å². The Morgan fingerprint density at radius 1 is 1.15 bits per heavy atom. The molecule has 11 heteroatoms. The Kier molecular flexibility index (Phi) is 8.98. The maximum Gasteiger partial charge on any atom is 0.408 e. The summed E-state index contributed by atoms with van der Waals surface area (Å²) in [4.78, 5) is 33.6. The molecule has 3 aliphatic heterocycles. The summed E-state index contributed by atoms with van der Waals surface area (Å²) in [6, 6.07) is -0.913. The highest BCUT2D eigenvalue weighted by Crippen LogP contribution is 2.34. The number of fused-ring (bicyclic) bond motifs is 2. The second-order valence-electron chi connectivity index (χ2n) is 14.3. The van der Waals surface area contributed by atoms with Crippen molar-refractivity contribution in [2.24, 2.45) is 5.92 Å². The SMILES string of the molecule is CC(C)[C@H](NC(=O)OC(C)(C)C)C(=O)N1CCC[C@H]1Cn1c(=C2NC3C=C(F)C=CC3=C2C[C@@H]2CCCN2)nc2c1=CC=C(F)C2. The fourth-order valence-corrected chi connectivity index (χ4v) is 7.22. The molecule has 0 bridgehead atoms. The smallest absolute Gasteiger partial charge is 0.408 e. The molecule has 0 radical (unpaired) electrons. The zero-order chi connectivity index (χ0) is 32.7. The molecule has 46 heavy (non-hydrogen) atoms. The standard InChI is InChI=1S/C35H46F2N6O3/c1-20(2)30(41-34(45)46-35(3,4)5)33(44)42-15-7-9-24(42)19-43-29-13-11-22(37)17-28(29)40-32(43)31-26(18-23-8-6-14-38-23)25-12-10-21(36)16-27(25)39-31/h10-13,16,20,23-24,27,30,38-39H,6-9,14-15,17-19H2,1-5H3,(H,41,45)/t23-,24-,27?,30-/m0/s1. The summed E-state index contributed by atoms with van der Waals surface area (Å²) in [5, 5.41) is 10.8. The van der Waals surface area contributed by atoms with Gasteiger partial charge in [0.25, 0.3) is 0 Å². The highest BCUT2D eigenvalue weighted by Gasteiger charge is 2.38. The zero-order valence-corrected chi connectivity index (χ0v) is 27.5. The average molecular weight is 637 g/mol. The van der Waals surface area contributed by atoms with E-state index in [2.05, 4.69) is 20.5 Å². The van der Waals surface area contributed by atoms with Crippen molar-refractivity contribution in [3.8, 4) is 0 Å². The first-order chi connectivity index (χ1) is 21.9. The van der Waals surface area contributed by atoms with Gasteiger partial charge in [0.2, 0.25) is 5.91 Å². The Hall–Kier alpha value is -3.73. The third kappa shape index (κ3) is 6.70. The molecule has 4 heterocycles. The molecule has 6 rings (SSSR count). The van der Waals surface area contributed by atoms with Gasteiger partial charge in [-0.25, -0.2) is 18.6 Å². The Morgan fingerprint density at radius 3 is 2.67 bits per heavy atom. The van der Waals surface area contributed by atoms with Gasteiger partial charge in [-0.15, -0.1) is 0 Å². The molecule has 1 unspecified atom stereocenters. The first-order valence-electron chi connectivity index (χ1n) is 16.6. The van der Waals surface area contributed by atoms with E-state index in [1.165, 1.54) is 12.2 Å². The molecule has 2 amide bonds. The fraction of sp³-hybridized carbons (Fsp3) is 0.571. The van der Waals surface area contributed by atoms with E-state index in [0.29, 0.717) is 30.3 Å². The molecule has 5 aliphatic rings. The summed E-state index contributed by atoms with van der Waals surface area (Å²) in [5.74, 6) is -0.843. The van der Waals surface area contributed by atoms with Crippen molar-refractivity contribution in [2.75, 3.05) is 13.1 Å². The van der Waals surface area contributed by atoms with Crippen LogP contribution >= 0.6 is 0 Å². The molecule has 1 aromatic heterocycles. The number of carbonyl (C=O) groups is 2. The lowest BCUT2D eigenvalue weighted by molar-refractivity contribution is -0.135. The van der Waals surface area contributed by atoms with Crippen LogP contribution in [0.25, 0.3) is 11.8 Å². The van der Waals surface area contributed by atoms with Crippen LogP contribution in [0.5, 0.6) is 0 Å². The highest BCUT2D eigenvalue weighted by molar-refractivity contribution is 5.86. The van der Waals surface area contributed by atoms with Crippen LogP contribution in [0.15, 0.2) is 47.1 Å². The lowest BCUT2D eigenvalue weighted by Crippen LogP contribution is -2.54. The van der Waals surface area contributed by atoms with Crippen LogP contribution in [0.1, 0.15) is 72.4 Å². The van der Waals surface area contributed by atoms with E-state index in [9.17, 15) is 18.4 Å². The first kappa shape index (κ1) is 32.2. The minimum atomic E-state index is -0.743. The Labute approximate surface area is 269 Å². The third-order valence-corrected chi connectivity index (χ3v) is 9.37. The molecular weight excluding hydrogens is 590 g/mol. The summed E-state index contributed by atoms with van der Waals surface area (Å²) >= 11 is 0. The third-order valence-electron chi connectivity index (χ3n) is 9.37. The number of allylic oxidation sites excluding steroid dienone is 4. The predicted molar refractivity (Wildman–Crippen MR) is 173 cm³/mol. The van der Waals surface area contributed by atoms with Crippen molar-refractivity contribution < 1.29 is 23.1 Å². The zero-order valence-electron chi connectivity index (χ0n) is 27.5. The van der Waals surface area contributed by atoms with Crippen LogP contribution in [-0.4, -0.2) is 69.3 Å². The molecule has 2 saturated heterocycles. The number of hydrogen-bond acceptors (Lipinski definition) is 6. The molecule has 9 nitrogen and oxygen atoms in total. The van der Waals surface area contributed by atoms with Crippen molar-refractivity contribution in [1.82, 2.24) is 30.4 Å². The van der Waals surface area contributed by atoms with Gasteiger partial charge in [0.05, 0.1) is 22.8 Å². The van der Waals surface area contributed by atoms with Crippen LogP contribution in [0.4, 0.5) is 13.6 Å². The van der Waals surface area contributed by atoms with Gasteiger partial charge >= 0.3 is 6.09 Å². The van der Waals surface area contributed by atoms with Crippen LogP contribution < -0.4 is 26.8 Å². The predicted octanol–water partition coefficient (Wildman–Crippen LogP) is 3.56. The Balaban J connectivity index is 1.37. The number of ether oxygens (including phenoxy) is 1. The van der Waals surface area contributed by atoms with E-state index >= 15 is 0 Å². The Bertz CT molecular complexity index is 1640. The molecular formula is C35H46F2N6O3. The summed E-state index contributed by atoms with van der Waals surface area (Å²) in [5.41, 5.74) is 3.57. The van der Waals surface area contributed by atoms with Crippen molar-refractivity contribution in [2.45, 2.75) is 109 Å². The van der Waals surface area contributed by atoms with E-state index in [4.69, 9.17) is 9.72 Å². The van der Waals surface area contributed by atoms with E-state index in [1.54, 1.807) is 32.9 Å². The number of alkyl carbamates (subject to hydrolysis) is 1. The number of carbonyl (C=O) groups excluding carboxylic acids is 2. The lowest BCUT2D eigenvalue weighted by Gasteiger charge is -2.32. The lowest BCUT2D eigenvalue weighted by atomic mass is 9.95. The topological polar surface area (TPSA) is 101 Å². The van der Waals surface area contributed by atoms with Gasteiger partial charge in [0.1, 0.15) is 23.3 Å². The van der Waals surface area contributed by atoms with Crippen LogP contribution in [0, 0.1) is 5.92 Å². The monoisotopic (exact) mass is 636 g/mol. The number of halogens is 2. The number of likely N-dealkylation sites (tertiary alicyclic amines) is 1. The summed E-state index contributed by atoms with van der Waals surface area (Å²) < 4.78 is 36.5. The minimum absolute atomic E-state index is 0.0929. The molecule has 4 atom stereocenters. The van der Waals surface area contributed by atoms with Gasteiger partial charge in [-0.1, -0.05) is 19.9 Å². The maximum atomic E-state index is 14.5. The Morgan fingerprint density at radius 2 is 1.96 bits per heavy atom. The molecule has 0 spiro atoms. The van der Waals surface area contributed by atoms with Crippen molar-refractivity contribution in [3.05, 3.63) is 63.6 Å². The second kappa shape index (κ2) is 12.8. The second-order valence-corrected chi connectivity index (χ2v) is 14.3. The number of amides is 2. The van der Waals surface area contributed by atoms with Gasteiger partial charge in [-0.2, -0.15) is 0 Å². The van der Waals surface area contributed by atoms with Crippen molar-refractivity contribution in [3.63, 3.8) is 0 Å². The minimum Gasteiger partial charge on any atom is -0.444 e. The van der Waals surface area contributed by atoms with Gasteiger partial charge < -0.3 is 30.2 Å². The normalized spacial score (nSPS) is 25.9. The van der Waals surface area contributed by atoms with Gasteiger partial charge in [-0.05, 0) is 101 Å². The first-order valence-corrected chi connectivity index (χ1v) is 16.6. The van der Waals surface area contributed by atoms with Crippen molar-refractivity contribution in [1.29, 1.82) is 0 Å². The highest BCUT2D eigenvalue weighted by atomic mass is 19.1. The van der Waals surface area contributed by atoms with E-state index in [1.807, 2.05) is 24.8 Å². The van der Waals surface area contributed by atoms with Gasteiger partial charge in [-0.3, -0.25) is 4.79 Å². The molecule has 1 aromatic rings. The molecule has 2 fully saturated rings. The maximum absolute atomic E-state index is 14.5. The summed E-state index contributed by atoms with van der Waals surface area (Å²) in [6.07, 6.45) is 12.2. The largest absolute Gasteiger partial charge is 0.444 e. The summed E-state index contributed by atoms with van der Waals surface area (Å²) in [7, 11) is 0. The number of nitrogens with zero attached hydrogens (tertiary/aromatic N) is 3. The number of imidazole rings is 1. The average Bonchev–Trinajstić information content (AvgIpc) is 3.78. The molecule has 2 aliphatic carbocycles. The van der Waals surface area contributed by atoms with Gasteiger partial charge in [0.15, 0.2) is 5.48 Å².